The van der Waals surface area contributed by atoms with Crippen molar-refractivity contribution in [2.24, 2.45) is 0 Å². The third-order valence-corrected chi connectivity index (χ3v) is 7.77. The fourth-order valence-corrected chi connectivity index (χ4v) is 5.49. The van der Waals surface area contributed by atoms with Crippen molar-refractivity contribution in [3.63, 3.8) is 0 Å². The SMILES string of the molecule is CCCSc1nnc(N2C(=O)C(=O)/C(=C(/O)c3ccc(C)cc3)C2c2ccc(CC)cc2)s1. The fraction of sp³-hybridized carbons (Fsp3) is 0.280. The predicted molar refractivity (Wildman–Crippen MR) is 133 cm³/mol. The van der Waals surface area contributed by atoms with Crippen molar-refractivity contribution in [1.29, 1.82) is 0 Å². The van der Waals surface area contributed by atoms with E-state index in [1.807, 2.05) is 43.3 Å². The maximum absolute atomic E-state index is 13.2. The number of rotatable bonds is 7. The van der Waals surface area contributed by atoms with Gasteiger partial charge in [-0.25, -0.2) is 0 Å². The number of aromatic nitrogens is 2. The number of benzene rings is 2. The summed E-state index contributed by atoms with van der Waals surface area (Å²) in [7, 11) is 0. The Labute approximate surface area is 201 Å². The zero-order valence-electron chi connectivity index (χ0n) is 18.7. The number of carbonyl (C=O) groups excluding carboxylic acids is 2. The highest BCUT2D eigenvalue weighted by molar-refractivity contribution is 8.01. The summed E-state index contributed by atoms with van der Waals surface area (Å²) in [6.45, 7) is 6.09. The highest BCUT2D eigenvalue weighted by Crippen LogP contribution is 2.43. The van der Waals surface area contributed by atoms with Crippen LogP contribution in [0, 0.1) is 6.92 Å². The smallest absolute Gasteiger partial charge is 0.301 e. The molecule has 0 spiro atoms. The molecule has 0 bridgehead atoms. The van der Waals surface area contributed by atoms with Crippen LogP contribution < -0.4 is 4.90 Å². The van der Waals surface area contributed by atoms with Crippen molar-refractivity contribution in [1.82, 2.24) is 10.2 Å². The Balaban J connectivity index is 1.85. The van der Waals surface area contributed by atoms with Crippen LogP contribution in [0.25, 0.3) is 5.76 Å². The van der Waals surface area contributed by atoms with E-state index in [4.69, 9.17) is 0 Å². The summed E-state index contributed by atoms with van der Waals surface area (Å²) in [5, 5.41) is 19.9. The molecule has 6 nitrogen and oxygen atoms in total. The van der Waals surface area contributed by atoms with Crippen molar-refractivity contribution in [2.75, 3.05) is 10.7 Å². The number of nitrogens with zero attached hydrogens (tertiary/aromatic N) is 3. The molecule has 1 aliphatic rings. The first kappa shape index (κ1) is 23.2. The summed E-state index contributed by atoms with van der Waals surface area (Å²) in [5.41, 5.74) is 3.46. The number of hydrogen-bond donors (Lipinski definition) is 1. The zero-order valence-corrected chi connectivity index (χ0v) is 20.4. The van der Waals surface area contributed by atoms with Crippen LogP contribution in [0.3, 0.4) is 0 Å². The quantitative estimate of drug-likeness (QED) is 0.158. The summed E-state index contributed by atoms with van der Waals surface area (Å²) in [4.78, 5) is 27.8. The van der Waals surface area contributed by atoms with E-state index in [-0.39, 0.29) is 11.3 Å². The van der Waals surface area contributed by atoms with Gasteiger partial charge in [0.1, 0.15) is 5.76 Å². The van der Waals surface area contributed by atoms with Gasteiger partial charge in [-0.2, -0.15) is 0 Å². The molecule has 1 fully saturated rings. The summed E-state index contributed by atoms with van der Waals surface area (Å²) in [6, 6.07) is 14.2. The van der Waals surface area contributed by atoms with E-state index < -0.39 is 17.7 Å². The molecule has 1 saturated heterocycles. The molecule has 3 aromatic rings. The average molecular weight is 480 g/mol. The van der Waals surface area contributed by atoms with Gasteiger partial charge in [0, 0.05) is 11.3 Å². The maximum Gasteiger partial charge on any atom is 0.301 e. The Morgan fingerprint density at radius 2 is 1.76 bits per heavy atom. The van der Waals surface area contributed by atoms with E-state index in [0.717, 1.165) is 39.6 Å². The van der Waals surface area contributed by atoms with Gasteiger partial charge in [-0.1, -0.05) is 91.0 Å². The van der Waals surface area contributed by atoms with E-state index >= 15 is 0 Å². The molecule has 1 aliphatic heterocycles. The molecule has 4 rings (SSSR count). The second-order valence-electron chi connectivity index (χ2n) is 7.83. The molecule has 0 saturated carbocycles. The third kappa shape index (κ3) is 4.58. The lowest BCUT2D eigenvalue weighted by atomic mass is 9.94. The second-order valence-corrected chi connectivity index (χ2v) is 10.1. The second kappa shape index (κ2) is 9.89. The van der Waals surface area contributed by atoms with Crippen molar-refractivity contribution in [3.8, 4) is 0 Å². The molecule has 2 aromatic carbocycles. The first-order valence-corrected chi connectivity index (χ1v) is 12.7. The molecular formula is C25H25N3O3S2. The van der Waals surface area contributed by atoms with E-state index in [0.29, 0.717) is 10.7 Å². The number of thioether (sulfide) groups is 1. The topological polar surface area (TPSA) is 83.4 Å². The Morgan fingerprint density at radius 3 is 2.39 bits per heavy atom. The number of aliphatic hydroxyl groups is 1. The van der Waals surface area contributed by atoms with Crippen LogP contribution >= 0.6 is 23.1 Å². The number of carbonyl (C=O) groups is 2. The average Bonchev–Trinajstić information content (AvgIpc) is 3.40. The van der Waals surface area contributed by atoms with Crippen molar-refractivity contribution < 1.29 is 14.7 Å². The van der Waals surface area contributed by atoms with Crippen LogP contribution in [0.4, 0.5) is 5.13 Å². The normalized spacial score (nSPS) is 17.7. The van der Waals surface area contributed by atoms with Crippen LogP contribution in [-0.4, -0.2) is 32.7 Å². The highest BCUT2D eigenvalue weighted by Gasteiger charge is 2.48. The van der Waals surface area contributed by atoms with Gasteiger partial charge in [-0.3, -0.25) is 14.5 Å². The van der Waals surface area contributed by atoms with Crippen LogP contribution in [0.2, 0.25) is 0 Å². The predicted octanol–water partition coefficient (Wildman–Crippen LogP) is 5.54. The summed E-state index contributed by atoms with van der Waals surface area (Å²) >= 11 is 2.85. The molecule has 1 N–H and O–H groups in total. The number of aryl methyl sites for hydroxylation is 2. The Morgan fingerprint density at radius 1 is 1.06 bits per heavy atom. The molecule has 1 amide bonds. The van der Waals surface area contributed by atoms with E-state index in [1.54, 1.807) is 23.9 Å². The molecule has 1 aromatic heterocycles. The van der Waals surface area contributed by atoms with Crippen LogP contribution in [-0.2, 0) is 16.0 Å². The van der Waals surface area contributed by atoms with E-state index in [2.05, 4.69) is 24.0 Å². The first-order valence-electron chi connectivity index (χ1n) is 10.9. The van der Waals surface area contributed by atoms with E-state index in [9.17, 15) is 14.7 Å². The fourth-order valence-electron chi connectivity index (χ4n) is 3.70. The molecule has 33 heavy (non-hydrogen) atoms. The molecule has 1 unspecified atom stereocenters. The van der Waals surface area contributed by atoms with Crippen LogP contribution in [0.15, 0.2) is 58.4 Å². The van der Waals surface area contributed by atoms with Crippen molar-refractivity contribution >= 4 is 45.7 Å². The Bertz CT molecular complexity index is 1200. The largest absolute Gasteiger partial charge is 0.507 e. The van der Waals surface area contributed by atoms with E-state index in [1.165, 1.54) is 16.2 Å². The lowest BCUT2D eigenvalue weighted by molar-refractivity contribution is -0.132. The number of anilines is 1. The van der Waals surface area contributed by atoms with Crippen LogP contribution in [0.1, 0.15) is 48.6 Å². The Hall–Kier alpha value is -2.97. The van der Waals surface area contributed by atoms with Gasteiger partial charge in [0.25, 0.3) is 5.78 Å². The van der Waals surface area contributed by atoms with Crippen molar-refractivity contribution in [2.45, 2.75) is 44.0 Å². The van der Waals surface area contributed by atoms with Gasteiger partial charge < -0.3 is 5.11 Å². The standard InChI is InChI=1S/C25H25N3O3S2/c1-4-14-32-25-27-26-24(33-25)28-20(17-12-8-16(5-2)9-13-17)19(22(30)23(28)31)21(29)18-10-6-15(3)7-11-18/h6-13,20,29H,4-5,14H2,1-3H3/b21-19+. The van der Waals surface area contributed by atoms with Crippen molar-refractivity contribution in [3.05, 3.63) is 76.4 Å². The zero-order chi connectivity index (χ0) is 23.5. The minimum Gasteiger partial charge on any atom is -0.507 e. The molecule has 2 heterocycles. The third-order valence-electron chi connectivity index (χ3n) is 5.50. The number of aliphatic hydroxyl groups excluding tert-OH is 1. The van der Waals surface area contributed by atoms with Gasteiger partial charge in [0.15, 0.2) is 4.34 Å². The van der Waals surface area contributed by atoms with Gasteiger partial charge in [0.2, 0.25) is 5.13 Å². The molecule has 8 heteroatoms. The molecule has 170 valence electrons. The molecule has 0 radical (unpaired) electrons. The van der Waals surface area contributed by atoms with Gasteiger partial charge in [-0.05, 0) is 30.9 Å². The summed E-state index contributed by atoms with van der Waals surface area (Å²) in [6.07, 6.45) is 1.86. The minimum atomic E-state index is -0.783. The lowest BCUT2D eigenvalue weighted by Crippen LogP contribution is -2.29. The lowest BCUT2D eigenvalue weighted by Gasteiger charge is -2.22. The summed E-state index contributed by atoms with van der Waals surface area (Å²) in [5.74, 6) is -0.736. The van der Waals surface area contributed by atoms with Gasteiger partial charge in [-0.15, -0.1) is 10.2 Å². The summed E-state index contributed by atoms with van der Waals surface area (Å²) < 4.78 is 0.743. The number of hydrogen-bond acceptors (Lipinski definition) is 7. The number of Topliss-reactive ketones (excluding diaryl/α,β-unsaturated/α-hetero) is 1. The first-order chi connectivity index (χ1) is 15.9. The minimum absolute atomic E-state index is 0.0612. The van der Waals surface area contributed by atoms with Gasteiger partial charge in [0.05, 0.1) is 11.6 Å². The monoisotopic (exact) mass is 479 g/mol. The Kier molecular flexibility index (Phi) is 6.95. The number of ketones is 1. The number of amides is 1. The van der Waals surface area contributed by atoms with Gasteiger partial charge >= 0.3 is 5.91 Å². The maximum atomic E-state index is 13.2. The molecular weight excluding hydrogens is 454 g/mol. The molecule has 1 atom stereocenters. The van der Waals surface area contributed by atoms with Crippen LogP contribution in [0.5, 0.6) is 0 Å². The molecule has 0 aliphatic carbocycles. The highest BCUT2D eigenvalue weighted by atomic mass is 32.2.